The van der Waals surface area contributed by atoms with Crippen LogP contribution in [0.4, 0.5) is 162 Å². The van der Waals surface area contributed by atoms with Crippen molar-refractivity contribution >= 4 is 0 Å². The molecule has 0 aliphatic rings. The van der Waals surface area contributed by atoms with Crippen LogP contribution in [0.25, 0.3) is 0 Å². The molecule has 0 aromatic heterocycles. The molecule has 7 aromatic rings. The molecule has 0 amide bonds. The largest absolute Gasteiger partial charge is 0.460 e. The third-order valence-corrected chi connectivity index (χ3v) is 20.7. The Kier molecular flexibility index (Phi) is 36.9. The molecule has 7 aromatic carbocycles. The standard InChI is InChI=1S/C16H18F8.C15H15F9.C14H15F7.C13H16F4.C13H17F3.2C12H15F3/c1-12(2,3)9-6-10(13(4,17)15(19,20)21)8-11(7-9)14(5,18)16(22,23)24;1-8-5-9(11(2,3)4)7-10(6-8)12(16,17)13(18,19)14(20,21)15(22,23)24;1-11(2,3)8-5-9(12(4,15)14(19,20)21)7-10(6-8)13(16,17)18;1-11(2,3)9-6-5-7-10(8-9)12(4,14)13(15,16)17;1-8-6-10(13(14,15)16)7-9(2)11(8)12(3,4)5;1-8-7-9(12(13,14)15)5-6-10(8)11(2,3)4;1-8-5-6-9(12(13,14)15)7-10(8)11(2,3)4/h6-8H,1-5H3;5-7H,1-4H3;5-7H,1-4H3;5-8H,1-4H3;6-7H,1-5H3;2*5-7H,1-4H3. The maximum atomic E-state index is 14.2. The number of alkyl halides is 37. The van der Waals surface area contributed by atoms with Crippen molar-refractivity contribution in [3.8, 4) is 0 Å². The lowest BCUT2D eigenvalue weighted by Gasteiger charge is -2.34. The Labute approximate surface area is 745 Å². The second-order valence-electron chi connectivity index (χ2n) is 39.8. The summed E-state index contributed by atoms with van der Waals surface area (Å²) in [6.07, 6.45) is -45.3. The quantitative estimate of drug-likeness (QED) is 0.140. The molecule has 0 radical (unpaired) electrons. The summed E-state index contributed by atoms with van der Waals surface area (Å²) in [6.45, 7) is 46.6. The Morgan fingerprint density at radius 3 is 0.712 bits per heavy atom. The van der Waals surface area contributed by atoms with Gasteiger partial charge < -0.3 is 0 Å². The van der Waals surface area contributed by atoms with Crippen LogP contribution >= 0.6 is 0 Å². The number of benzene rings is 7. The predicted octanol–water partition coefficient (Wildman–Crippen LogP) is 36.4. The molecular formula is C95H111F37. The van der Waals surface area contributed by atoms with Gasteiger partial charge in [0, 0.05) is 5.56 Å². The zero-order valence-electron chi connectivity index (χ0n) is 78.1. The lowest BCUT2D eigenvalue weighted by molar-refractivity contribution is -0.399. The summed E-state index contributed by atoms with van der Waals surface area (Å²) >= 11 is 0. The van der Waals surface area contributed by atoms with Gasteiger partial charge in [-0.2, -0.15) is 145 Å². The average Bonchev–Trinajstić information content (AvgIpc) is 0.722. The first-order valence-electron chi connectivity index (χ1n) is 39.9. The number of hydrogen-bond acceptors (Lipinski definition) is 0. The first kappa shape index (κ1) is 122. The van der Waals surface area contributed by atoms with Crippen LogP contribution < -0.4 is 0 Å². The second-order valence-corrected chi connectivity index (χ2v) is 39.8. The molecule has 37 heteroatoms. The van der Waals surface area contributed by atoms with Crippen LogP contribution in [-0.4, -0.2) is 42.7 Å². The van der Waals surface area contributed by atoms with Gasteiger partial charge in [0.1, 0.15) is 0 Å². The fourth-order valence-corrected chi connectivity index (χ4v) is 12.6. The summed E-state index contributed by atoms with van der Waals surface area (Å²) < 4.78 is 478. The van der Waals surface area contributed by atoms with Gasteiger partial charge in [0.05, 0.1) is 22.3 Å². The van der Waals surface area contributed by atoms with Crippen molar-refractivity contribution in [1.82, 2.24) is 0 Å². The van der Waals surface area contributed by atoms with Crippen LogP contribution in [0.3, 0.4) is 0 Å². The van der Waals surface area contributed by atoms with Crippen molar-refractivity contribution in [3.05, 3.63) is 244 Å². The van der Waals surface area contributed by atoms with E-state index in [9.17, 15) is 162 Å². The molecule has 4 unspecified atom stereocenters. The lowest BCUT2D eigenvalue weighted by atomic mass is 9.80. The molecule has 0 bridgehead atoms. The molecule has 0 saturated heterocycles. The summed E-state index contributed by atoms with van der Waals surface area (Å²) in [5.41, 5.74) is -20.0. The highest BCUT2D eigenvalue weighted by Gasteiger charge is 2.82. The highest BCUT2D eigenvalue weighted by atomic mass is 19.5. The molecule has 0 spiro atoms. The maximum absolute atomic E-state index is 14.2. The minimum atomic E-state index is -6.89. The molecule has 4 atom stereocenters. The normalized spacial score (nSPS) is 15.5. The molecule has 0 nitrogen and oxygen atoms in total. The first-order valence-corrected chi connectivity index (χ1v) is 39.9. The summed E-state index contributed by atoms with van der Waals surface area (Å²) in [7, 11) is 0. The van der Waals surface area contributed by atoms with Gasteiger partial charge >= 0.3 is 73.4 Å². The number of hydrogen-bond donors (Lipinski definition) is 0. The monoisotopic (exact) mass is 1950 g/mol. The van der Waals surface area contributed by atoms with E-state index in [2.05, 4.69) is 0 Å². The molecule has 0 saturated carbocycles. The third kappa shape index (κ3) is 31.2. The zero-order chi connectivity index (χ0) is 105. The summed E-state index contributed by atoms with van der Waals surface area (Å²) in [5.74, 6) is -19.3. The SMILES string of the molecule is CC(C)(C)c1cc(C(C)(F)C(F)(F)F)cc(C(C)(F)C(F)(F)F)c1.CC(C)(C)c1cc(C(F)(F)F)cc(C(C)(F)C(F)(F)F)c1.CC(C)(C)c1cccc(C(C)(F)C(F)(F)F)c1.Cc1cc(C(C)(C)C)cc(C(F)(F)C(F)(F)C(F)(F)C(F)(F)F)c1.Cc1cc(C(F)(F)F)cc(C)c1C(C)(C)C.Cc1cc(C(F)(F)F)ccc1C(C)(C)C.Cc1ccc(C(F)(F)F)cc1C(C)(C)C. The molecular weight excluding hydrogens is 1840 g/mol. The Hall–Kier alpha value is -8.05. The van der Waals surface area contributed by atoms with E-state index < -0.39 is 157 Å². The van der Waals surface area contributed by atoms with Crippen molar-refractivity contribution in [2.24, 2.45) is 0 Å². The first-order chi connectivity index (χ1) is 57.5. The van der Waals surface area contributed by atoms with Gasteiger partial charge in [0.25, 0.3) is 0 Å². The van der Waals surface area contributed by atoms with Gasteiger partial charge in [0.2, 0.25) is 22.7 Å². The van der Waals surface area contributed by atoms with Crippen molar-refractivity contribution in [2.75, 3.05) is 0 Å². The summed E-state index contributed by atoms with van der Waals surface area (Å²) in [5, 5.41) is 0. The Bertz CT molecular complexity index is 4860. The van der Waals surface area contributed by atoms with E-state index in [0.717, 1.165) is 58.7 Å². The molecule has 0 heterocycles. The van der Waals surface area contributed by atoms with Gasteiger partial charge in [-0.05, 0) is 250 Å². The molecule has 0 fully saturated rings. The van der Waals surface area contributed by atoms with Gasteiger partial charge in [0.15, 0.2) is 0 Å². The lowest BCUT2D eigenvalue weighted by Crippen LogP contribution is -2.59. The van der Waals surface area contributed by atoms with Crippen LogP contribution in [0.15, 0.2) is 127 Å². The molecule has 0 aliphatic heterocycles. The van der Waals surface area contributed by atoms with E-state index in [0.29, 0.717) is 41.3 Å². The van der Waals surface area contributed by atoms with E-state index >= 15 is 0 Å². The van der Waals surface area contributed by atoms with Gasteiger partial charge in [-0.1, -0.05) is 212 Å². The Morgan fingerprint density at radius 1 is 0.167 bits per heavy atom. The third-order valence-electron chi connectivity index (χ3n) is 20.7. The van der Waals surface area contributed by atoms with E-state index in [1.54, 1.807) is 53.7 Å². The van der Waals surface area contributed by atoms with Crippen molar-refractivity contribution in [3.63, 3.8) is 0 Å². The van der Waals surface area contributed by atoms with E-state index in [1.165, 1.54) is 103 Å². The van der Waals surface area contributed by atoms with Gasteiger partial charge in [-0.15, -0.1) is 0 Å². The number of aryl methyl sites for hydroxylation is 5. The van der Waals surface area contributed by atoms with Crippen molar-refractivity contribution in [1.29, 1.82) is 0 Å². The highest BCUT2D eigenvalue weighted by Crippen LogP contribution is 2.58. The van der Waals surface area contributed by atoms with Crippen molar-refractivity contribution in [2.45, 2.75) is 342 Å². The average molecular weight is 1960 g/mol. The van der Waals surface area contributed by atoms with Gasteiger partial charge in [-0.25, -0.2) is 17.6 Å². The predicted molar refractivity (Wildman–Crippen MR) is 438 cm³/mol. The minimum Gasteiger partial charge on any atom is -0.229 e. The molecule has 750 valence electrons. The maximum Gasteiger partial charge on any atom is 0.460 e. The Morgan fingerprint density at radius 2 is 0.417 bits per heavy atom. The van der Waals surface area contributed by atoms with Crippen LogP contribution in [0.1, 0.15) is 290 Å². The van der Waals surface area contributed by atoms with Crippen LogP contribution in [0.2, 0.25) is 0 Å². The van der Waals surface area contributed by atoms with Crippen molar-refractivity contribution < 1.29 is 162 Å². The molecule has 0 N–H and O–H groups in total. The number of rotatable bonds is 7. The molecule has 7 rings (SSSR count). The highest BCUT2D eigenvalue weighted by molar-refractivity contribution is 5.46. The summed E-state index contributed by atoms with van der Waals surface area (Å²) in [6, 6.07) is 22.0. The zero-order valence-corrected chi connectivity index (χ0v) is 78.1. The fraction of sp³-hybridized carbons (Fsp3) is 0.558. The topological polar surface area (TPSA) is 0 Å². The van der Waals surface area contributed by atoms with Gasteiger partial charge in [-0.3, -0.25) is 0 Å². The minimum absolute atomic E-state index is 0.0135. The fourth-order valence-electron chi connectivity index (χ4n) is 12.6. The van der Waals surface area contributed by atoms with Crippen LogP contribution in [0.5, 0.6) is 0 Å². The summed E-state index contributed by atoms with van der Waals surface area (Å²) in [4.78, 5) is 0. The smallest absolute Gasteiger partial charge is 0.229 e. The second kappa shape index (κ2) is 39.9. The van der Waals surface area contributed by atoms with E-state index in [1.807, 2.05) is 90.0 Å². The van der Waals surface area contributed by atoms with E-state index in [4.69, 9.17) is 0 Å². The molecule has 0 aliphatic carbocycles. The Balaban J connectivity index is 0.000000776. The van der Waals surface area contributed by atoms with E-state index in [-0.39, 0.29) is 82.4 Å². The van der Waals surface area contributed by atoms with Crippen LogP contribution in [0, 0.1) is 34.6 Å². The molecule has 132 heavy (non-hydrogen) atoms. The van der Waals surface area contributed by atoms with Crippen LogP contribution in [-0.2, 0) is 91.2 Å². The number of halogens is 37.